The summed E-state index contributed by atoms with van der Waals surface area (Å²) in [5, 5.41) is 5.90. The molecule has 5 rings (SSSR count). The van der Waals surface area contributed by atoms with Crippen LogP contribution in [-0.2, 0) is 42.5 Å². The first kappa shape index (κ1) is 35.5. The van der Waals surface area contributed by atoms with E-state index in [2.05, 4.69) is 10.6 Å². The molecule has 13 heteroatoms. The van der Waals surface area contributed by atoms with Crippen molar-refractivity contribution in [2.75, 3.05) is 33.4 Å². The number of ketones is 1. The second-order valence-electron chi connectivity index (χ2n) is 12.3. The van der Waals surface area contributed by atoms with E-state index in [0.717, 1.165) is 19.2 Å². The molecular formula is C35H40F3N3O6S. The van der Waals surface area contributed by atoms with Gasteiger partial charge in [0.15, 0.2) is 17.4 Å². The van der Waals surface area contributed by atoms with Gasteiger partial charge in [-0.1, -0.05) is 36.4 Å². The van der Waals surface area contributed by atoms with Crippen LogP contribution >= 0.6 is 0 Å². The lowest BCUT2D eigenvalue weighted by molar-refractivity contribution is -0.123. The molecule has 0 bridgehead atoms. The second kappa shape index (κ2) is 15.2. The fraction of sp³-hybridized carbons (Fsp3) is 0.429. The Morgan fingerprint density at radius 3 is 2.42 bits per heavy atom. The lowest BCUT2D eigenvalue weighted by atomic mass is 9.66. The number of nitrogens with one attached hydrogen (secondary N) is 2. The summed E-state index contributed by atoms with van der Waals surface area (Å²) in [5.74, 6) is -3.18. The van der Waals surface area contributed by atoms with Gasteiger partial charge in [0.1, 0.15) is 11.9 Å². The van der Waals surface area contributed by atoms with Gasteiger partial charge in [-0.3, -0.25) is 4.79 Å². The number of alkyl carbamates (subject to hydrolysis) is 1. The standard InChI is InChI=1S/C35H40F3N3O6S/c1-23-21-39-22-26(41(23)48(44,45)27-8-4-3-5-9-27)12-13-28-24(7-6-10-29(28)36)19-32(42)33(40-34(43)46-2)35(15-17-47-18-16-35)25-11-14-30(37)31(38)20-25/h3-11,14,20,23,26,33,39H,12-13,15-19,21-22H2,1-2H3,(H,40,43)/t23-,26+,33-/m1/s1. The van der Waals surface area contributed by atoms with E-state index in [1.54, 1.807) is 36.4 Å². The van der Waals surface area contributed by atoms with Crippen LogP contribution in [0.3, 0.4) is 0 Å². The van der Waals surface area contributed by atoms with E-state index in [1.165, 1.54) is 22.5 Å². The van der Waals surface area contributed by atoms with Gasteiger partial charge in [-0.05, 0) is 79.6 Å². The number of hydrogen-bond acceptors (Lipinski definition) is 7. The molecular weight excluding hydrogens is 647 g/mol. The van der Waals surface area contributed by atoms with Crippen molar-refractivity contribution in [1.82, 2.24) is 14.9 Å². The molecule has 1 amide bonds. The van der Waals surface area contributed by atoms with Crippen LogP contribution in [0.2, 0.25) is 0 Å². The number of sulfonamides is 1. The number of hydrogen-bond donors (Lipinski definition) is 2. The summed E-state index contributed by atoms with van der Waals surface area (Å²) in [6.07, 6.45) is -0.350. The predicted octanol–water partition coefficient (Wildman–Crippen LogP) is 4.67. The van der Waals surface area contributed by atoms with Crippen LogP contribution < -0.4 is 10.6 Å². The number of Topliss-reactive ketones (excluding diaryl/α,β-unsaturated/α-hetero) is 1. The Kier molecular flexibility index (Phi) is 11.2. The maximum Gasteiger partial charge on any atom is 0.407 e. The van der Waals surface area contributed by atoms with E-state index < -0.39 is 56.9 Å². The summed E-state index contributed by atoms with van der Waals surface area (Å²) >= 11 is 0. The molecule has 2 fully saturated rings. The van der Waals surface area contributed by atoms with Gasteiger partial charge in [0.25, 0.3) is 0 Å². The maximum atomic E-state index is 15.5. The molecule has 0 saturated carbocycles. The molecule has 3 aromatic rings. The molecule has 2 saturated heterocycles. The Bertz CT molecular complexity index is 1720. The SMILES string of the molecule is COC(=O)N[C@H](C(=O)Cc1cccc(F)c1CC[C@H]1CNC[C@@H](C)N1S(=O)(=O)c1ccccc1)C1(c2ccc(F)c(F)c2)CCOCC1. The third-order valence-electron chi connectivity index (χ3n) is 9.44. The molecule has 0 radical (unpaired) electrons. The molecule has 0 aliphatic carbocycles. The van der Waals surface area contributed by atoms with Gasteiger partial charge in [0.05, 0.1) is 12.0 Å². The summed E-state index contributed by atoms with van der Waals surface area (Å²) < 4.78 is 83.3. The van der Waals surface area contributed by atoms with Gasteiger partial charge in [-0.15, -0.1) is 0 Å². The first-order chi connectivity index (χ1) is 23.0. The van der Waals surface area contributed by atoms with Gasteiger partial charge in [0.2, 0.25) is 10.0 Å². The van der Waals surface area contributed by atoms with Crippen molar-refractivity contribution in [1.29, 1.82) is 0 Å². The number of rotatable bonds is 11. The van der Waals surface area contributed by atoms with E-state index in [4.69, 9.17) is 9.47 Å². The normalized spacial score (nSPS) is 20.5. The zero-order chi connectivity index (χ0) is 34.5. The van der Waals surface area contributed by atoms with Crippen LogP contribution in [0.5, 0.6) is 0 Å². The Balaban J connectivity index is 1.44. The lowest BCUT2D eigenvalue weighted by Gasteiger charge is -2.43. The molecule has 9 nitrogen and oxygen atoms in total. The Morgan fingerprint density at radius 1 is 1.00 bits per heavy atom. The number of carbonyl (C=O) groups excluding carboxylic acids is 2. The molecule has 48 heavy (non-hydrogen) atoms. The Labute approximate surface area is 278 Å². The molecule has 2 aliphatic rings. The number of halogens is 3. The number of carbonyl (C=O) groups is 2. The number of nitrogens with zero attached hydrogens (tertiary/aromatic N) is 1. The highest BCUT2D eigenvalue weighted by atomic mass is 32.2. The smallest absolute Gasteiger partial charge is 0.407 e. The highest BCUT2D eigenvalue weighted by Crippen LogP contribution is 2.40. The minimum absolute atomic E-state index is 0.131. The van der Waals surface area contributed by atoms with Crippen LogP contribution in [0.1, 0.15) is 42.9 Å². The van der Waals surface area contributed by atoms with Crippen molar-refractivity contribution in [3.05, 3.63) is 101 Å². The van der Waals surface area contributed by atoms with Crippen molar-refractivity contribution in [2.45, 2.75) is 67.5 Å². The first-order valence-electron chi connectivity index (χ1n) is 15.9. The largest absolute Gasteiger partial charge is 0.453 e. The molecule has 2 N–H and O–H groups in total. The molecule has 3 atom stereocenters. The summed E-state index contributed by atoms with van der Waals surface area (Å²) in [6, 6.07) is 13.9. The zero-order valence-electron chi connectivity index (χ0n) is 26.9. The topological polar surface area (TPSA) is 114 Å². The number of methoxy groups -OCH3 is 1. The second-order valence-corrected chi connectivity index (χ2v) is 14.2. The summed E-state index contributed by atoms with van der Waals surface area (Å²) in [7, 11) is -2.70. The van der Waals surface area contributed by atoms with E-state index in [-0.39, 0.29) is 61.8 Å². The van der Waals surface area contributed by atoms with E-state index in [9.17, 15) is 26.8 Å². The van der Waals surface area contributed by atoms with Crippen LogP contribution in [0, 0.1) is 17.5 Å². The first-order valence-corrected chi connectivity index (χ1v) is 17.4. The fourth-order valence-corrected chi connectivity index (χ4v) is 8.88. The third-order valence-corrected chi connectivity index (χ3v) is 11.5. The molecule has 0 spiro atoms. The summed E-state index contributed by atoms with van der Waals surface area (Å²) in [4.78, 5) is 27.0. The fourth-order valence-electron chi connectivity index (χ4n) is 7.01. The van der Waals surface area contributed by atoms with Crippen molar-refractivity contribution < 1.29 is 40.7 Å². The van der Waals surface area contributed by atoms with Gasteiger partial charge < -0.3 is 20.1 Å². The minimum atomic E-state index is -3.85. The van der Waals surface area contributed by atoms with Crippen molar-refractivity contribution in [2.24, 2.45) is 0 Å². The van der Waals surface area contributed by atoms with Crippen LogP contribution in [-0.4, -0.2) is 76.1 Å². The average Bonchev–Trinajstić information content (AvgIpc) is 3.08. The summed E-state index contributed by atoms with van der Waals surface area (Å²) in [5.41, 5.74) is -0.218. The van der Waals surface area contributed by atoms with Crippen molar-refractivity contribution >= 4 is 21.9 Å². The van der Waals surface area contributed by atoms with Crippen LogP contribution in [0.4, 0.5) is 18.0 Å². The molecule has 2 aliphatic heterocycles. The van der Waals surface area contributed by atoms with E-state index in [1.807, 2.05) is 6.92 Å². The monoisotopic (exact) mass is 687 g/mol. The maximum absolute atomic E-state index is 15.5. The van der Waals surface area contributed by atoms with E-state index in [0.29, 0.717) is 24.2 Å². The zero-order valence-corrected chi connectivity index (χ0v) is 27.7. The lowest BCUT2D eigenvalue weighted by Crippen LogP contribution is -2.58. The predicted molar refractivity (Wildman–Crippen MR) is 172 cm³/mol. The molecule has 3 aromatic carbocycles. The van der Waals surface area contributed by atoms with Gasteiger partial charge in [-0.2, -0.15) is 4.31 Å². The Hall–Kier alpha value is -3.78. The number of benzene rings is 3. The number of amides is 1. The van der Waals surface area contributed by atoms with E-state index >= 15 is 4.39 Å². The molecule has 0 aromatic heterocycles. The van der Waals surface area contributed by atoms with Crippen molar-refractivity contribution in [3.63, 3.8) is 0 Å². The Morgan fingerprint density at radius 2 is 1.73 bits per heavy atom. The van der Waals surface area contributed by atoms with Crippen LogP contribution in [0.25, 0.3) is 0 Å². The van der Waals surface area contributed by atoms with Gasteiger partial charge in [-0.25, -0.2) is 26.4 Å². The molecule has 2 heterocycles. The average molecular weight is 688 g/mol. The van der Waals surface area contributed by atoms with Gasteiger partial charge >= 0.3 is 6.09 Å². The minimum Gasteiger partial charge on any atom is -0.453 e. The molecule has 258 valence electrons. The number of piperazine rings is 1. The third kappa shape index (κ3) is 7.44. The highest BCUT2D eigenvalue weighted by Gasteiger charge is 2.47. The van der Waals surface area contributed by atoms with Gasteiger partial charge in [0, 0.05) is 50.2 Å². The van der Waals surface area contributed by atoms with Crippen LogP contribution in [0.15, 0.2) is 71.6 Å². The quantitative estimate of drug-likeness (QED) is 0.301. The summed E-state index contributed by atoms with van der Waals surface area (Å²) in [6.45, 7) is 3.05. The highest BCUT2D eigenvalue weighted by molar-refractivity contribution is 7.89. The van der Waals surface area contributed by atoms with Crippen molar-refractivity contribution in [3.8, 4) is 0 Å². The molecule has 0 unspecified atom stereocenters. The number of ether oxygens (including phenoxy) is 2.